The maximum absolute atomic E-state index is 13.9. The first-order valence-electron chi connectivity index (χ1n) is 14.1. The zero-order valence-corrected chi connectivity index (χ0v) is 24.5. The minimum absolute atomic E-state index is 0.137. The summed E-state index contributed by atoms with van der Waals surface area (Å²) in [6.45, 7) is 11.0. The molecule has 0 radical (unpaired) electrons. The van der Waals surface area contributed by atoms with Gasteiger partial charge in [0.2, 0.25) is 5.91 Å². The third kappa shape index (κ3) is 10.8. The van der Waals surface area contributed by atoms with Crippen LogP contribution in [0, 0.1) is 24.5 Å². The Morgan fingerprint density at radius 1 is 0.902 bits per heavy atom. The van der Waals surface area contributed by atoms with Crippen LogP contribution in [-0.2, 0) is 11.2 Å². The van der Waals surface area contributed by atoms with E-state index < -0.39 is 48.1 Å². The predicted octanol–water partition coefficient (Wildman–Crippen LogP) is 3.76. The molecule has 0 aromatic heterocycles. The molecule has 2 aromatic carbocycles. The van der Waals surface area contributed by atoms with Crippen molar-refractivity contribution in [1.82, 2.24) is 15.5 Å². The predicted molar refractivity (Wildman–Crippen MR) is 153 cm³/mol. The summed E-state index contributed by atoms with van der Waals surface area (Å²) in [7, 11) is 0. The van der Waals surface area contributed by atoms with Crippen molar-refractivity contribution in [1.29, 1.82) is 0 Å². The third-order valence-corrected chi connectivity index (χ3v) is 6.46. The molecule has 4 N–H and O–H groups in total. The average Bonchev–Trinajstić information content (AvgIpc) is 2.89. The van der Waals surface area contributed by atoms with Gasteiger partial charge in [-0.15, -0.1) is 0 Å². The maximum Gasteiger partial charge on any atom is 0.253 e. The van der Waals surface area contributed by atoms with Crippen molar-refractivity contribution >= 4 is 17.7 Å². The van der Waals surface area contributed by atoms with Crippen LogP contribution in [0.3, 0.4) is 0 Å². The molecule has 2 rings (SSSR count). The number of amides is 3. The SMILES string of the molecule is CCCN(CCC)C(=O)c1cc(C)cc(C(=O)NC(Cc2cc(F)cc(F)c2)C(O)C(O)CC(=O)NCC(C)C)c1. The van der Waals surface area contributed by atoms with Gasteiger partial charge in [-0.3, -0.25) is 14.4 Å². The number of nitrogens with zero attached hydrogens (tertiary/aromatic N) is 1. The fourth-order valence-corrected chi connectivity index (χ4v) is 4.54. The van der Waals surface area contributed by atoms with E-state index in [1.54, 1.807) is 24.0 Å². The lowest BCUT2D eigenvalue weighted by molar-refractivity contribution is -0.125. The molecule has 0 aliphatic carbocycles. The summed E-state index contributed by atoms with van der Waals surface area (Å²) in [6, 6.07) is 6.35. The van der Waals surface area contributed by atoms with E-state index in [1.807, 2.05) is 27.7 Å². The van der Waals surface area contributed by atoms with Gasteiger partial charge in [0.05, 0.1) is 18.6 Å². The van der Waals surface area contributed by atoms with Crippen LogP contribution >= 0.6 is 0 Å². The Morgan fingerprint density at radius 2 is 1.49 bits per heavy atom. The summed E-state index contributed by atoms with van der Waals surface area (Å²) in [6.07, 6.45) is -2.33. The second-order valence-electron chi connectivity index (χ2n) is 10.9. The average molecular weight is 576 g/mol. The highest BCUT2D eigenvalue weighted by atomic mass is 19.1. The van der Waals surface area contributed by atoms with Gasteiger partial charge in [-0.05, 0) is 73.6 Å². The minimum atomic E-state index is -1.65. The lowest BCUT2D eigenvalue weighted by Gasteiger charge is -2.28. The molecular formula is C31H43F2N3O5. The molecule has 0 saturated carbocycles. The van der Waals surface area contributed by atoms with Gasteiger partial charge in [-0.2, -0.15) is 0 Å². The zero-order chi connectivity index (χ0) is 30.7. The molecule has 3 amide bonds. The number of carbonyl (C=O) groups is 3. The van der Waals surface area contributed by atoms with Crippen molar-refractivity contribution in [2.45, 2.75) is 78.6 Å². The molecule has 41 heavy (non-hydrogen) atoms. The highest BCUT2D eigenvalue weighted by Crippen LogP contribution is 2.17. The Bertz CT molecular complexity index is 1160. The zero-order valence-electron chi connectivity index (χ0n) is 24.5. The van der Waals surface area contributed by atoms with Crippen molar-refractivity contribution in [2.75, 3.05) is 19.6 Å². The Labute approximate surface area is 241 Å². The molecule has 3 unspecified atom stereocenters. The first-order valence-corrected chi connectivity index (χ1v) is 14.1. The smallest absolute Gasteiger partial charge is 0.253 e. The molecule has 3 atom stereocenters. The third-order valence-electron chi connectivity index (χ3n) is 6.46. The van der Waals surface area contributed by atoms with E-state index in [-0.39, 0.29) is 29.4 Å². The summed E-state index contributed by atoms with van der Waals surface area (Å²) in [4.78, 5) is 40.6. The summed E-state index contributed by atoms with van der Waals surface area (Å²) in [5, 5.41) is 27.0. The number of aliphatic hydroxyl groups excluding tert-OH is 2. The van der Waals surface area contributed by atoms with E-state index in [4.69, 9.17) is 0 Å². The van der Waals surface area contributed by atoms with Crippen LogP contribution < -0.4 is 10.6 Å². The standard InChI is InChI=1S/C31H43F2N3O5/c1-6-8-36(9-7-2)31(41)23-11-20(5)10-22(15-23)30(40)35-26(14-21-12-24(32)16-25(33)13-21)29(39)27(37)17-28(38)34-18-19(3)4/h10-13,15-16,19,26-27,29,37,39H,6-9,14,17-18H2,1-5H3,(H,34,38)(H,35,40). The number of halogens is 2. The maximum atomic E-state index is 13.9. The first kappa shape index (κ1) is 33.8. The molecule has 0 saturated heterocycles. The van der Waals surface area contributed by atoms with Crippen molar-refractivity contribution in [3.8, 4) is 0 Å². The molecule has 0 bridgehead atoms. The molecular weight excluding hydrogens is 532 g/mol. The lowest BCUT2D eigenvalue weighted by atomic mass is 9.95. The molecule has 2 aromatic rings. The molecule has 0 fully saturated rings. The van der Waals surface area contributed by atoms with Crippen LogP contribution in [0.25, 0.3) is 0 Å². The molecule has 226 valence electrons. The Hall–Kier alpha value is -3.37. The largest absolute Gasteiger partial charge is 0.390 e. The van der Waals surface area contributed by atoms with Gasteiger partial charge in [0.25, 0.3) is 11.8 Å². The van der Waals surface area contributed by atoms with Crippen LogP contribution in [0.1, 0.15) is 78.8 Å². The van der Waals surface area contributed by atoms with E-state index in [0.717, 1.165) is 25.0 Å². The summed E-state index contributed by atoms with van der Waals surface area (Å²) in [5.74, 6) is -2.84. The highest BCUT2D eigenvalue weighted by molar-refractivity contribution is 6.00. The second kappa shape index (κ2) is 16.2. The second-order valence-corrected chi connectivity index (χ2v) is 10.9. The lowest BCUT2D eigenvalue weighted by Crippen LogP contribution is -2.51. The molecule has 0 spiro atoms. The van der Waals surface area contributed by atoms with Crippen molar-refractivity contribution < 1.29 is 33.4 Å². The number of aryl methyl sites for hydroxylation is 1. The molecule has 10 heteroatoms. The van der Waals surface area contributed by atoms with Crippen LogP contribution in [0.15, 0.2) is 36.4 Å². The van der Waals surface area contributed by atoms with E-state index in [0.29, 0.717) is 36.8 Å². The minimum Gasteiger partial charge on any atom is -0.390 e. The fourth-order valence-electron chi connectivity index (χ4n) is 4.54. The number of aliphatic hydroxyl groups is 2. The van der Waals surface area contributed by atoms with Crippen molar-refractivity contribution in [3.05, 3.63) is 70.3 Å². The van der Waals surface area contributed by atoms with E-state index in [2.05, 4.69) is 10.6 Å². The molecule has 0 aliphatic heterocycles. The van der Waals surface area contributed by atoms with E-state index in [9.17, 15) is 33.4 Å². The number of carbonyl (C=O) groups excluding carboxylic acids is 3. The van der Waals surface area contributed by atoms with Crippen LogP contribution in [0.4, 0.5) is 8.78 Å². The first-order chi connectivity index (χ1) is 19.3. The van der Waals surface area contributed by atoms with E-state index in [1.165, 1.54) is 6.07 Å². The van der Waals surface area contributed by atoms with Gasteiger partial charge < -0.3 is 25.7 Å². The highest BCUT2D eigenvalue weighted by Gasteiger charge is 2.30. The van der Waals surface area contributed by atoms with Gasteiger partial charge >= 0.3 is 0 Å². The van der Waals surface area contributed by atoms with Crippen LogP contribution in [0.2, 0.25) is 0 Å². The Kier molecular flexibility index (Phi) is 13.3. The van der Waals surface area contributed by atoms with Gasteiger partial charge in [-0.1, -0.05) is 27.7 Å². The Morgan fingerprint density at radius 3 is 2.05 bits per heavy atom. The van der Waals surface area contributed by atoms with E-state index >= 15 is 0 Å². The molecule has 0 aliphatic rings. The normalized spacial score (nSPS) is 13.4. The van der Waals surface area contributed by atoms with Crippen LogP contribution in [-0.4, -0.2) is 70.7 Å². The number of hydrogen-bond donors (Lipinski definition) is 4. The van der Waals surface area contributed by atoms with Gasteiger partial charge in [-0.25, -0.2) is 8.78 Å². The fraction of sp³-hybridized carbons (Fsp3) is 0.516. The Balaban J connectivity index is 2.34. The van der Waals surface area contributed by atoms with Gasteiger partial charge in [0.1, 0.15) is 17.7 Å². The summed E-state index contributed by atoms with van der Waals surface area (Å²) >= 11 is 0. The van der Waals surface area contributed by atoms with Crippen molar-refractivity contribution in [2.24, 2.45) is 5.92 Å². The quantitative estimate of drug-likeness (QED) is 0.258. The number of nitrogens with one attached hydrogen (secondary N) is 2. The number of benzene rings is 2. The number of rotatable bonds is 15. The molecule has 0 heterocycles. The van der Waals surface area contributed by atoms with Crippen LogP contribution in [0.5, 0.6) is 0 Å². The summed E-state index contributed by atoms with van der Waals surface area (Å²) in [5.41, 5.74) is 1.29. The van der Waals surface area contributed by atoms with Gasteiger partial charge in [0.15, 0.2) is 0 Å². The van der Waals surface area contributed by atoms with Crippen molar-refractivity contribution in [3.63, 3.8) is 0 Å². The summed E-state index contributed by atoms with van der Waals surface area (Å²) < 4.78 is 27.8. The topological polar surface area (TPSA) is 119 Å². The number of hydrogen-bond acceptors (Lipinski definition) is 5. The van der Waals surface area contributed by atoms with Gasteiger partial charge in [0, 0.05) is 36.8 Å². The molecule has 8 nitrogen and oxygen atoms in total. The monoisotopic (exact) mass is 575 g/mol.